The molecule has 5 nitrogen and oxygen atoms in total. The van der Waals surface area contributed by atoms with Gasteiger partial charge in [0.1, 0.15) is 0 Å². The minimum atomic E-state index is -1.20. The van der Waals surface area contributed by atoms with E-state index in [4.69, 9.17) is 9.63 Å². The topological polar surface area (TPSA) is 76.2 Å². The molecule has 0 saturated heterocycles. The summed E-state index contributed by atoms with van der Waals surface area (Å²) in [6.45, 7) is 4.20. The van der Waals surface area contributed by atoms with Gasteiger partial charge in [0.15, 0.2) is 0 Å². The number of hydrogen-bond acceptors (Lipinski definition) is 4. The van der Waals surface area contributed by atoms with Gasteiger partial charge < -0.3 is 9.63 Å². The van der Waals surface area contributed by atoms with Crippen molar-refractivity contribution < 1.29 is 14.4 Å². The molecule has 2 rings (SSSR count). The number of aromatic carboxylic acids is 1. The van der Waals surface area contributed by atoms with Crippen LogP contribution in [0.15, 0.2) is 28.8 Å². The molecular weight excluding hydrogens is 220 g/mol. The van der Waals surface area contributed by atoms with Crippen molar-refractivity contribution in [2.75, 3.05) is 0 Å². The average molecular weight is 232 g/mol. The summed E-state index contributed by atoms with van der Waals surface area (Å²) in [6, 6.07) is 7.61. The SMILES string of the molecule is CC(C)c1ccc(-c2nc(C(=O)O)no2)cc1. The van der Waals surface area contributed by atoms with E-state index >= 15 is 0 Å². The third kappa shape index (κ3) is 2.33. The Morgan fingerprint density at radius 3 is 2.41 bits per heavy atom. The summed E-state index contributed by atoms with van der Waals surface area (Å²) in [7, 11) is 0. The Kier molecular flexibility index (Phi) is 2.91. The number of hydrogen-bond donors (Lipinski definition) is 1. The fourth-order valence-electron chi connectivity index (χ4n) is 1.44. The zero-order chi connectivity index (χ0) is 12.4. The van der Waals surface area contributed by atoms with Crippen LogP contribution in [0, 0.1) is 0 Å². The Balaban J connectivity index is 2.30. The lowest BCUT2D eigenvalue weighted by molar-refractivity contribution is 0.0680. The van der Waals surface area contributed by atoms with Gasteiger partial charge in [0.25, 0.3) is 11.7 Å². The highest BCUT2D eigenvalue weighted by Gasteiger charge is 2.14. The van der Waals surface area contributed by atoms with E-state index in [1.165, 1.54) is 5.56 Å². The lowest BCUT2D eigenvalue weighted by Gasteiger charge is -2.04. The summed E-state index contributed by atoms with van der Waals surface area (Å²) in [6.07, 6.45) is 0. The second-order valence-electron chi connectivity index (χ2n) is 4.00. The van der Waals surface area contributed by atoms with Gasteiger partial charge in [-0.2, -0.15) is 4.98 Å². The molecule has 1 aromatic heterocycles. The summed E-state index contributed by atoms with van der Waals surface area (Å²) in [5.41, 5.74) is 1.92. The van der Waals surface area contributed by atoms with Gasteiger partial charge in [-0.3, -0.25) is 0 Å². The Morgan fingerprint density at radius 2 is 1.94 bits per heavy atom. The summed E-state index contributed by atoms with van der Waals surface area (Å²) < 4.78 is 4.87. The van der Waals surface area contributed by atoms with Crippen LogP contribution in [0.2, 0.25) is 0 Å². The number of carbonyl (C=O) groups is 1. The van der Waals surface area contributed by atoms with Gasteiger partial charge in [-0.25, -0.2) is 4.79 Å². The monoisotopic (exact) mass is 232 g/mol. The Hall–Kier alpha value is -2.17. The minimum Gasteiger partial charge on any atom is -0.475 e. The van der Waals surface area contributed by atoms with E-state index in [0.29, 0.717) is 5.92 Å². The van der Waals surface area contributed by atoms with Crippen LogP contribution in [0.4, 0.5) is 0 Å². The summed E-state index contributed by atoms with van der Waals surface area (Å²) in [5, 5.41) is 12.0. The van der Waals surface area contributed by atoms with Crippen LogP contribution in [0.1, 0.15) is 35.9 Å². The maximum absolute atomic E-state index is 10.6. The molecule has 0 amide bonds. The van der Waals surface area contributed by atoms with Crippen molar-refractivity contribution >= 4 is 5.97 Å². The predicted octanol–water partition coefficient (Wildman–Crippen LogP) is 2.56. The van der Waals surface area contributed by atoms with Crippen LogP contribution in [0.25, 0.3) is 11.5 Å². The third-order valence-corrected chi connectivity index (χ3v) is 2.44. The van der Waals surface area contributed by atoms with Crippen molar-refractivity contribution in [3.05, 3.63) is 35.7 Å². The first-order valence-corrected chi connectivity index (χ1v) is 5.25. The fourth-order valence-corrected chi connectivity index (χ4v) is 1.44. The molecular formula is C12H12N2O3. The van der Waals surface area contributed by atoms with Gasteiger partial charge in [0.05, 0.1) is 0 Å². The first kappa shape index (κ1) is 11.3. The third-order valence-electron chi connectivity index (χ3n) is 2.44. The minimum absolute atomic E-state index is 0.220. The molecule has 17 heavy (non-hydrogen) atoms. The quantitative estimate of drug-likeness (QED) is 0.880. The van der Waals surface area contributed by atoms with Gasteiger partial charge >= 0.3 is 5.97 Å². The number of benzene rings is 1. The Labute approximate surface area is 98.1 Å². The van der Waals surface area contributed by atoms with Crippen LogP contribution in [-0.2, 0) is 0 Å². The normalized spacial score (nSPS) is 10.8. The molecule has 0 aliphatic rings. The molecule has 1 heterocycles. The van der Waals surface area contributed by atoms with Crippen molar-refractivity contribution in [1.82, 2.24) is 10.1 Å². The second-order valence-corrected chi connectivity index (χ2v) is 4.00. The maximum Gasteiger partial charge on any atom is 0.377 e. The molecule has 0 unspecified atom stereocenters. The molecule has 88 valence electrons. The number of nitrogens with zero attached hydrogens (tertiary/aromatic N) is 2. The molecule has 0 atom stereocenters. The van der Waals surface area contributed by atoms with Gasteiger partial charge in [-0.05, 0) is 28.8 Å². The van der Waals surface area contributed by atoms with Crippen molar-refractivity contribution in [3.63, 3.8) is 0 Å². The van der Waals surface area contributed by atoms with Crippen LogP contribution in [0.3, 0.4) is 0 Å². The van der Waals surface area contributed by atoms with E-state index in [1.54, 1.807) is 0 Å². The zero-order valence-corrected chi connectivity index (χ0v) is 9.54. The Morgan fingerprint density at radius 1 is 1.29 bits per heavy atom. The van der Waals surface area contributed by atoms with Crippen LogP contribution < -0.4 is 0 Å². The maximum atomic E-state index is 10.6. The Bertz CT molecular complexity index is 529. The highest BCUT2D eigenvalue weighted by Crippen LogP contribution is 2.21. The molecule has 2 aromatic rings. The van der Waals surface area contributed by atoms with E-state index < -0.39 is 5.97 Å². The van der Waals surface area contributed by atoms with Crippen LogP contribution >= 0.6 is 0 Å². The molecule has 0 bridgehead atoms. The van der Waals surface area contributed by atoms with E-state index in [0.717, 1.165) is 5.56 Å². The average Bonchev–Trinajstić information content (AvgIpc) is 2.78. The number of rotatable bonds is 3. The van der Waals surface area contributed by atoms with Crippen molar-refractivity contribution in [3.8, 4) is 11.5 Å². The van der Waals surface area contributed by atoms with Crippen LogP contribution in [-0.4, -0.2) is 21.2 Å². The van der Waals surface area contributed by atoms with Crippen molar-refractivity contribution in [1.29, 1.82) is 0 Å². The molecule has 0 spiro atoms. The van der Waals surface area contributed by atoms with E-state index in [2.05, 4.69) is 24.0 Å². The first-order valence-electron chi connectivity index (χ1n) is 5.25. The lowest BCUT2D eigenvalue weighted by atomic mass is 10.0. The molecule has 0 saturated carbocycles. The summed E-state index contributed by atoms with van der Waals surface area (Å²) >= 11 is 0. The zero-order valence-electron chi connectivity index (χ0n) is 9.54. The smallest absolute Gasteiger partial charge is 0.377 e. The van der Waals surface area contributed by atoms with Crippen LogP contribution in [0.5, 0.6) is 0 Å². The van der Waals surface area contributed by atoms with Crippen molar-refractivity contribution in [2.45, 2.75) is 19.8 Å². The second kappa shape index (κ2) is 4.37. The molecule has 0 radical (unpaired) electrons. The molecule has 1 aromatic carbocycles. The number of carboxylic acids is 1. The molecule has 0 aliphatic heterocycles. The molecule has 0 aliphatic carbocycles. The van der Waals surface area contributed by atoms with Crippen molar-refractivity contribution in [2.24, 2.45) is 0 Å². The predicted molar refractivity (Wildman–Crippen MR) is 60.8 cm³/mol. The lowest BCUT2D eigenvalue weighted by Crippen LogP contribution is -1.98. The molecule has 0 fully saturated rings. The number of carboxylic acid groups (broad SMARTS) is 1. The van der Waals surface area contributed by atoms with E-state index in [-0.39, 0.29) is 11.7 Å². The van der Waals surface area contributed by atoms with E-state index in [9.17, 15) is 4.79 Å². The summed E-state index contributed by atoms with van der Waals surface area (Å²) in [4.78, 5) is 14.4. The molecule has 5 heteroatoms. The van der Waals surface area contributed by atoms with E-state index in [1.807, 2.05) is 24.3 Å². The highest BCUT2D eigenvalue weighted by atomic mass is 16.5. The highest BCUT2D eigenvalue weighted by molar-refractivity contribution is 5.83. The first-order chi connectivity index (χ1) is 8.08. The van der Waals surface area contributed by atoms with Gasteiger partial charge in [0, 0.05) is 5.56 Å². The largest absolute Gasteiger partial charge is 0.475 e. The molecule has 1 N–H and O–H groups in total. The van der Waals surface area contributed by atoms with Gasteiger partial charge in [-0.1, -0.05) is 26.0 Å². The number of aromatic nitrogens is 2. The fraction of sp³-hybridized carbons (Fsp3) is 0.250. The van der Waals surface area contributed by atoms with Gasteiger partial charge in [0.2, 0.25) is 0 Å². The summed E-state index contributed by atoms with van der Waals surface area (Å²) in [5.74, 6) is -0.856. The van der Waals surface area contributed by atoms with Gasteiger partial charge in [-0.15, -0.1) is 0 Å². The standard InChI is InChI=1S/C12H12N2O3/c1-7(2)8-3-5-9(6-4-8)11-13-10(12(15)16)14-17-11/h3-7H,1-2H3,(H,15,16).